The van der Waals surface area contributed by atoms with E-state index in [0.717, 1.165) is 12.8 Å². The first-order chi connectivity index (χ1) is 18.0. The van der Waals surface area contributed by atoms with Crippen molar-refractivity contribution >= 4 is 26.0 Å². The van der Waals surface area contributed by atoms with Crippen molar-refractivity contribution in [2.24, 2.45) is 5.92 Å². The third-order valence-electron chi connectivity index (χ3n) is 7.24. The molecule has 0 aromatic carbocycles. The molecule has 0 spiro atoms. The quantitative estimate of drug-likeness (QED) is 0.0584. The van der Waals surface area contributed by atoms with Crippen molar-refractivity contribution in [3.8, 4) is 0 Å². The number of Topliss-reactive ketones (excluding diaryl/α,β-unsaturated/α-hetero) is 1. The van der Waals surface area contributed by atoms with Gasteiger partial charge in [0.1, 0.15) is 17.8 Å². The van der Waals surface area contributed by atoms with Gasteiger partial charge in [-0.25, -0.2) is 0 Å². The smallest absolute Gasteiger partial charge is 0.316 e. The third kappa shape index (κ3) is 14.1. The molecule has 220 valence electrons. The van der Waals surface area contributed by atoms with Gasteiger partial charge < -0.3 is 18.7 Å². The maximum Gasteiger partial charge on any atom is 0.316 e. The summed E-state index contributed by atoms with van der Waals surface area (Å²) in [4.78, 5) is 36.6. The number of hydrogen-bond donors (Lipinski definition) is 0. The van der Waals surface area contributed by atoms with Gasteiger partial charge in [0.25, 0.3) is 0 Å². The van der Waals surface area contributed by atoms with Crippen LogP contribution in [-0.2, 0) is 28.3 Å². The fraction of sp³-hybridized carbons (Fsp3) is 0.839. The minimum Gasteiger partial charge on any atom is -0.469 e. The fourth-order valence-electron chi connectivity index (χ4n) is 5.36. The van der Waals surface area contributed by atoms with Crippen LogP contribution in [0.4, 0.5) is 0 Å². The summed E-state index contributed by atoms with van der Waals surface area (Å²) in [6.45, 7) is 10.0. The van der Waals surface area contributed by atoms with Gasteiger partial charge in [-0.05, 0) is 39.1 Å². The minimum absolute atomic E-state index is 0.00834. The molecule has 1 rings (SSSR count). The Kier molecular flexibility index (Phi) is 17.0. The topological polar surface area (TPSA) is 78.9 Å². The monoisotopic (exact) mass is 552 g/mol. The number of hydrogen-bond acceptors (Lipinski definition) is 6. The highest BCUT2D eigenvalue weighted by molar-refractivity contribution is 6.69. The van der Waals surface area contributed by atoms with Gasteiger partial charge in [0.2, 0.25) is 0 Å². The molecule has 0 bridgehead atoms. The highest BCUT2D eigenvalue weighted by Crippen LogP contribution is 2.42. The molecule has 3 atom stereocenters. The first kappa shape index (κ1) is 34.6. The number of esters is 2. The Labute approximate surface area is 233 Å². The van der Waals surface area contributed by atoms with Gasteiger partial charge in [0.05, 0.1) is 19.1 Å². The molecular formula is C31H56O6Si. The molecule has 0 aliphatic heterocycles. The molecule has 0 unspecified atom stereocenters. The predicted octanol–water partition coefficient (Wildman–Crippen LogP) is 8.09. The Morgan fingerprint density at radius 2 is 1.29 bits per heavy atom. The lowest BCUT2D eigenvalue weighted by molar-refractivity contribution is -0.164. The molecule has 1 aliphatic rings. The van der Waals surface area contributed by atoms with E-state index in [1.807, 2.05) is 6.08 Å². The first-order valence-electron chi connectivity index (χ1n) is 15.2. The highest BCUT2D eigenvalue weighted by Gasteiger charge is 2.53. The van der Waals surface area contributed by atoms with Crippen LogP contribution in [0, 0.1) is 5.92 Å². The van der Waals surface area contributed by atoms with Crippen LogP contribution in [0.3, 0.4) is 0 Å². The number of ether oxygens (including phenoxy) is 2. The van der Waals surface area contributed by atoms with Crippen LogP contribution in [0.2, 0.25) is 19.6 Å². The molecule has 0 amide bonds. The first-order valence-corrected chi connectivity index (χ1v) is 18.6. The lowest BCUT2D eigenvalue weighted by Gasteiger charge is -2.40. The van der Waals surface area contributed by atoms with Crippen molar-refractivity contribution in [2.45, 2.75) is 154 Å². The van der Waals surface area contributed by atoms with Crippen LogP contribution in [0.15, 0.2) is 12.2 Å². The standard InChI is InChI=1S/C31H56O6Si/c1-7-8-9-10-11-12-13-14-15-16-17-18-19-20-24-31(37-38(4,5)6)25-23-27(29(31)30(34)35-3)36-28(33)22-21-26(2)32/h23,25,27,29H,7-22,24H2,1-6H3/t27-,29-,31-/m1/s1. The van der Waals surface area contributed by atoms with Crippen LogP contribution < -0.4 is 0 Å². The minimum atomic E-state index is -2.05. The Bertz CT molecular complexity index is 728. The van der Waals surface area contributed by atoms with E-state index in [1.54, 1.807) is 6.08 Å². The Morgan fingerprint density at radius 1 is 0.789 bits per heavy atom. The van der Waals surface area contributed by atoms with Gasteiger partial charge in [-0.15, -0.1) is 0 Å². The van der Waals surface area contributed by atoms with Crippen LogP contribution in [0.5, 0.6) is 0 Å². The van der Waals surface area contributed by atoms with Crippen LogP contribution in [-0.4, -0.2) is 44.9 Å². The molecule has 0 heterocycles. The van der Waals surface area contributed by atoms with E-state index in [2.05, 4.69) is 26.6 Å². The Morgan fingerprint density at radius 3 is 1.74 bits per heavy atom. The van der Waals surface area contributed by atoms with Crippen molar-refractivity contribution < 1.29 is 28.3 Å². The normalized spacial score (nSPS) is 21.0. The van der Waals surface area contributed by atoms with E-state index < -0.39 is 37.9 Å². The number of carbonyl (C=O) groups excluding carboxylic acids is 3. The zero-order valence-corrected chi connectivity index (χ0v) is 26.3. The number of methoxy groups -OCH3 is 1. The Hall–Kier alpha value is -1.47. The van der Waals surface area contributed by atoms with E-state index in [9.17, 15) is 14.4 Å². The number of unbranched alkanes of at least 4 members (excludes halogenated alkanes) is 13. The zero-order chi connectivity index (χ0) is 28.4. The molecule has 0 saturated carbocycles. The average molecular weight is 553 g/mol. The van der Waals surface area contributed by atoms with Crippen LogP contribution in [0.1, 0.15) is 123 Å². The summed E-state index contributed by atoms with van der Waals surface area (Å²) < 4.78 is 17.4. The molecule has 6 nitrogen and oxygen atoms in total. The van der Waals surface area contributed by atoms with E-state index in [1.165, 1.54) is 91.1 Å². The van der Waals surface area contributed by atoms with Gasteiger partial charge in [-0.2, -0.15) is 0 Å². The van der Waals surface area contributed by atoms with Crippen molar-refractivity contribution in [1.82, 2.24) is 0 Å². The summed E-state index contributed by atoms with van der Waals surface area (Å²) in [5.41, 5.74) is -0.833. The van der Waals surface area contributed by atoms with Crippen LogP contribution in [0.25, 0.3) is 0 Å². The number of rotatable bonds is 22. The average Bonchev–Trinajstić information content (AvgIpc) is 3.18. The summed E-state index contributed by atoms with van der Waals surface area (Å²) in [6.07, 6.45) is 21.8. The van der Waals surface area contributed by atoms with E-state index >= 15 is 0 Å². The Balaban J connectivity index is 2.54. The lowest BCUT2D eigenvalue weighted by Crippen LogP contribution is -2.51. The molecule has 0 fully saturated rings. The zero-order valence-electron chi connectivity index (χ0n) is 25.3. The molecule has 0 radical (unpaired) electrons. The van der Waals surface area contributed by atoms with Crippen molar-refractivity contribution in [3.05, 3.63) is 12.2 Å². The largest absolute Gasteiger partial charge is 0.469 e. The third-order valence-corrected chi connectivity index (χ3v) is 8.24. The predicted molar refractivity (Wildman–Crippen MR) is 157 cm³/mol. The van der Waals surface area contributed by atoms with E-state index in [0.29, 0.717) is 6.42 Å². The lowest BCUT2D eigenvalue weighted by atomic mass is 9.84. The molecule has 38 heavy (non-hydrogen) atoms. The molecular weight excluding hydrogens is 496 g/mol. The summed E-state index contributed by atoms with van der Waals surface area (Å²) >= 11 is 0. The van der Waals surface area contributed by atoms with E-state index in [-0.39, 0.29) is 18.6 Å². The maximum atomic E-state index is 12.9. The molecule has 7 heteroatoms. The van der Waals surface area contributed by atoms with Gasteiger partial charge in [-0.3, -0.25) is 9.59 Å². The van der Waals surface area contributed by atoms with Gasteiger partial charge in [0, 0.05) is 6.42 Å². The molecule has 0 N–H and O–H groups in total. The summed E-state index contributed by atoms with van der Waals surface area (Å²) in [6, 6.07) is 0. The molecule has 1 aliphatic carbocycles. The van der Waals surface area contributed by atoms with E-state index in [4.69, 9.17) is 13.9 Å². The van der Waals surface area contributed by atoms with Crippen LogP contribution >= 0.6 is 0 Å². The second-order valence-corrected chi connectivity index (χ2v) is 16.5. The molecule has 0 aromatic heterocycles. The SMILES string of the molecule is CCCCCCCCCCCCCCCC[C@@]1(O[Si](C)(C)C)C=C[C@@H](OC(=O)CCC(C)=O)[C@@H]1C(=O)OC. The maximum absolute atomic E-state index is 12.9. The fourth-order valence-corrected chi connectivity index (χ4v) is 6.80. The van der Waals surface area contributed by atoms with Gasteiger partial charge >= 0.3 is 11.9 Å². The summed E-state index contributed by atoms with van der Waals surface area (Å²) in [5.74, 6) is -1.71. The number of ketones is 1. The molecule has 0 saturated heterocycles. The number of carbonyl (C=O) groups is 3. The summed E-state index contributed by atoms with van der Waals surface area (Å²) in [7, 11) is -0.684. The highest BCUT2D eigenvalue weighted by atomic mass is 28.4. The molecule has 0 aromatic rings. The second-order valence-electron chi connectivity index (χ2n) is 12.0. The van der Waals surface area contributed by atoms with Gasteiger partial charge in [-0.1, -0.05) is 103 Å². The van der Waals surface area contributed by atoms with Gasteiger partial charge in [0.15, 0.2) is 8.32 Å². The van der Waals surface area contributed by atoms with Crippen molar-refractivity contribution in [1.29, 1.82) is 0 Å². The second kappa shape index (κ2) is 18.7. The van der Waals surface area contributed by atoms with Crippen molar-refractivity contribution in [2.75, 3.05) is 7.11 Å². The summed E-state index contributed by atoms with van der Waals surface area (Å²) in [5, 5.41) is 0. The van der Waals surface area contributed by atoms with Crippen molar-refractivity contribution in [3.63, 3.8) is 0 Å².